The van der Waals surface area contributed by atoms with Gasteiger partial charge in [-0.25, -0.2) is 21.9 Å². The molecular weight excluding hydrogens is 318 g/mol. The molecule has 0 heterocycles. The Morgan fingerprint density at radius 1 is 1.19 bits per heavy atom. The molecule has 0 radical (unpaired) electrons. The number of hydrogen-bond acceptors (Lipinski definition) is 4. The van der Waals surface area contributed by atoms with E-state index < -0.39 is 26.6 Å². The van der Waals surface area contributed by atoms with Crippen molar-refractivity contribution < 1.29 is 17.2 Å². The molecule has 118 valence electrons. The lowest BCUT2D eigenvalue weighted by Crippen LogP contribution is -2.38. The average molecular weight is 336 g/mol. The lowest BCUT2D eigenvalue weighted by atomic mass is 9.96. The van der Waals surface area contributed by atoms with Crippen LogP contribution in [0, 0.1) is 11.6 Å². The van der Waals surface area contributed by atoms with Crippen LogP contribution in [-0.4, -0.2) is 26.0 Å². The second-order valence-electron chi connectivity index (χ2n) is 5.13. The molecule has 1 fully saturated rings. The monoisotopic (exact) mass is 336 g/mol. The Balaban J connectivity index is 2.14. The molecule has 0 atom stereocenters. The zero-order valence-electron chi connectivity index (χ0n) is 11.6. The average Bonchev–Trinajstić information content (AvgIpc) is 2.43. The Bertz CT molecular complexity index is 615. The van der Waals surface area contributed by atoms with E-state index >= 15 is 0 Å². The van der Waals surface area contributed by atoms with Crippen molar-refractivity contribution in [2.24, 2.45) is 0 Å². The molecule has 0 amide bonds. The van der Waals surface area contributed by atoms with Crippen molar-refractivity contribution in [2.45, 2.75) is 41.9 Å². The number of anilines is 1. The molecule has 21 heavy (non-hydrogen) atoms. The second-order valence-corrected chi connectivity index (χ2v) is 7.96. The van der Waals surface area contributed by atoms with Crippen LogP contribution >= 0.6 is 11.8 Å². The van der Waals surface area contributed by atoms with Gasteiger partial charge in [-0.3, -0.25) is 0 Å². The molecule has 0 aliphatic heterocycles. The first-order valence-electron chi connectivity index (χ1n) is 6.63. The predicted octanol–water partition coefficient (Wildman–Crippen LogP) is 2.50. The minimum absolute atomic E-state index is 0.218. The highest BCUT2D eigenvalue weighted by Gasteiger charge is 2.27. The number of nitrogens with two attached hydrogens (primary N) is 1. The molecule has 3 N–H and O–H groups in total. The molecule has 1 aromatic carbocycles. The number of thioether (sulfide) groups is 1. The highest BCUT2D eigenvalue weighted by atomic mass is 32.2. The maximum absolute atomic E-state index is 13.7. The molecule has 2 rings (SSSR count). The van der Waals surface area contributed by atoms with Crippen molar-refractivity contribution in [3.63, 3.8) is 0 Å². The fourth-order valence-corrected chi connectivity index (χ4v) is 4.59. The van der Waals surface area contributed by atoms with Crippen LogP contribution in [0.5, 0.6) is 0 Å². The van der Waals surface area contributed by atoms with Crippen LogP contribution in [-0.2, 0) is 10.0 Å². The maximum atomic E-state index is 13.7. The largest absolute Gasteiger partial charge is 0.396 e. The van der Waals surface area contributed by atoms with Crippen LogP contribution in [0.3, 0.4) is 0 Å². The normalized spacial score (nSPS) is 23.2. The minimum Gasteiger partial charge on any atom is -0.396 e. The molecule has 0 saturated heterocycles. The Morgan fingerprint density at radius 3 is 2.38 bits per heavy atom. The predicted molar refractivity (Wildman–Crippen MR) is 80.7 cm³/mol. The summed E-state index contributed by atoms with van der Waals surface area (Å²) in [5.74, 6) is -2.10. The molecule has 0 unspecified atom stereocenters. The molecular formula is C13H18F2N2O2S2. The number of halogens is 2. The summed E-state index contributed by atoms with van der Waals surface area (Å²) in [7, 11) is -4.03. The Morgan fingerprint density at radius 2 is 1.81 bits per heavy atom. The topological polar surface area (TPSA) is 72.2 Å². The van der Waals surface area contributed by atoms with Gasteiger partial charge >= 0.3 is 0 Å². The second kappa shape index (κ2) is 6.50. The summed E-state index contributed by atoms with van der Waals surface area (Å²) in [6.07, 6.45) is 5.29. The Labute approximate surface area is 127 Å². The van der Waals surface area contributed by atoms with Crippen LogP contribution in [0.4, 0.5) is 14.5 Å². The van der Waals surface area contributed by atoms with Gasteiger partial charge < -0.3 is 5.73 Å². The zero-order chi connectivity index (χ0) is 15.6. The molecule has 8 heteroatoms. The van der Waals surface area contributed by atoms with Gasteiger partial charge in [-0.2, -0.15) is 11.8 Å². The molecule has 0 bridgehead atoms. The quantitative estimate of drug-likeness (QED) is 0.829. The van der Waals surface area contributed by atoms with Gasteiger partial charge in [-0.05, 0) is 38.0 Å². The standard InChI is InChI=1S/C13H18F2N2O2S2/c1-20-9-4-2-8(3-5-9)17-21(18,19)13-7-12(16)10(14)6-11(13)15/h6-9,17H,2-5,16H2,1H3. The van der Waals surface area contributed by atoms with Crippen molar-refractivity contribution in [1.82, 2.24) is 4.72 Å². The fourth-order valence-electron chi connectivity index (χ4n) is 2.45. The van der Waals surface area contributed by atoms with E-state index in [0.29, 0.717) is 24.2 Å². The highest BCUT2D eigenvalue weighted by molar-refractivity contribution is 7.99. The van der Waals surface area contributed by atoms with Crippen molar-refractivity contribution in [3.05, 3.63) is 23.8 Å². The molecule has 0 spiro atoms. The van der Waals surface area contributed by atoms with Gasteiger partial charge in [0.05, 0.1) is 5.69 Å². The fraction of sp³-hybridized carbons (Fsp3) is 0.538. The van der Waals surface area contributed by atoms with Gasteiger partial charge in [0, 0.05) is 17.4 Å². The van der Waals surface area contributed by atoms with Gasteiger partial charge in [0.2, 0.25) is 10.0 Å². The number of rotatable bonds is 4. The third-order valence-corrected chi connectivity index (χ3v) is 6.34. The van der Waals surface area contributed by atoms with Crippen LogP contribution in [0.15, 0.2) is 17.0 Å². The maximum Gasteiger partial charge on any atom is 0.243 e. The van der Waals surface area contributed by atoms with Gasteiger partial charge in [-0.15, -0.1) is 0 Å². The first-order chi connectivity index (χ1) is 9.83. The van der Waals surface area contributed by atoms with E-state index in [-0.39, 0.29) is 11.7 Å². The van der Waals surface area contributed by atoms with Crippen LogP contribution in [0.25, 0.3) is 0 Å². The van der Waals surface area contributed by atoms with Gasteiger partial charge in [0.25, 0.3) is 0 Å². The SMILES string of the molecule is CSC1CCC(NS(=O)(=O)c2cc(N)c(F)cc2F)CC1. The van der Waals surface area contributed by atoms with Gasteiger partial charge in [-0.1, -0.05) is 0 Å². The van der Waals surface area contributed by atoms with Crippen molar-refractivity contribution >= 4 is 27.5 Å². The first-order valence-corrected chi connectivity index (χ1v) is 9.40. The van der Waals surface area contributed by atoms with Crippen LogP contribution in [0.2, 0.25) is 0 Å². The Kier molecular flexibility index (Phi) is 5.11. The lowest BCUT2D eigenvalue weighted by Gasteiger charge is -2.27. The van der Waals surface area contributed by atoms with Gasteiger partial charge in [0.15, 0.2) is 0 Å². The minimum atomic E-state index is -4.03. The van der Waals surface area contributed by atoms with E-state index in [4.69, 9.17) is 5.73 Å². The van der Waals surface area contributed by atoms with E-state index in [9.17, 15) is 17.2 Å². The van der Waals surface area contributed by atoms with E-state index in [1.165, 1.54) is 0 Å². The first kappa shape index (κ1) is 16.5. The van der Waals surface area contributed by atoms with Crippen molar-refractivity contribution in [3.8, 4) is 0 Å². The lowest BCUT2D eigenvalue weighted by molar-refractivity contribution is 0.419. The molecule has 1 aliphatic carbocycles. The van der Waals surface area contributed by atoms with Crippen LogP contribution in [0.1, 0.15) is 25.7 Å². The van der Waals surface area contributed by atoms with E-state index in [1.54, 1.807) is 11.8 Å². The van der Waals surface area contributed by atoms with Crippen molar-refractivity contribution in [1.29, 1.82) is 0 Å². The third-order valence-electron chi connectivity index (χ3n) is 3.67. The summed E-state index contributed by atoms with van der Waals surface area (Å²) in [6.45, 7) is 0. The molecule has 1 aliphatic rings. The molecule has 1 aromatic rings. The number of nitrogens with one attached hydrogen (secondary N) is 1. The number of nitrogen functional groups attached to an aromatic ring is 1. The number of sulfonamides is 1. The van der Waals surface area contributed by atoms with Crippen molar-refractivity contribution in [2.75, 3.05) is 12.0 Å². The van der Waals surface area contributed by atoms with Gasteiger partial charge in [0.1, 0.15) is 16.5 Å². The third kappa shape index (κ3) is 3.87. The number of hydrogen-bond donors (Lipinski definition) is 2. The van der Waals surface area contributed by atoms with E-state index in [0.717, 1.165) is 18.9 Å². The van der Waals surface area contributed by atoms with Crippen LogP contribution < -0.4 is 10.5 Å². The highest BCUT2D eigenvalue weighted by Crippen LogP contribution is 2.28. The summed E-state index contributed by atoms with van der Waals surface area (Å²) in [5, 5.41) is 0.545. The molecule has 1 saturated carbocycles. The summed E-state index contributed by atoms with van der Waals surface area (Å²) < 4.78 is 53.7. The Hall–Kier alpha value is -0.860. The molecule has 0 aromatic heterocycles. The van der Waals surface area contributed by atoms with E-state index in [2.05, 4.69) is 4.72 Å². The zero-order valence-corrected chi connectivity index (χ0v) is 13.2. The summed E-state index contributed by atoms with van der Waals surface area (Å²) in [5.41, 5.74) is 4.93. The summed E-state index contributed by atoms with van der Waals surface area (Å²) >= 11 is 1.77. The smallest absolute Gasteiger partial charge is 0.243 e. The number of benzene rings is 1. The van der Waals surface area contributed by atoms with E-state index in [1.807, 2.05) is 6.26 Å². The molecule has 4 nitrogen and oxygen atoms in total. The summed E-state index contributed by atoms with van der Waals surface area (Å²) in [4.78, 5) is -0.603. The summed E-state index contributed by atoms with van der Waals surface area (Å²) in [6, 6.07) is 1.10.